The number of hydrogen-bond acceptors (Lipinski definition) is 5. The van der Waals surface area contributed by atoms with Crippen molar-refractivity contribution in [2.24, 2.45) is 5.41 Å². The summed E-state index contributed by atoms with van der Waals surface area (Å²) in [7, 11) is 1.27. The van der Waals surface area contributed by atoms with Gasteiger partial charge in [-0.05, 0) is 42.7 Å². The molecule has 1 fully saturated rings. The monoisotopic (exact) mass is 353 g/mol. The Morgan fingerprint density at radius 3 is 2.42 bits per heavy atom. The Bertz CT molecular complexity index is 832. The van der Waals surface area contributed by atoms with E-state index in [4.69, 9.17) is 4.74 Å². The zero-order valence-electron chi connectivity index (χ0n) is 14.3. The summed E-state index contributed by atoms with van der Waals surface area (Å²) in [5, 5.41) is 5.49. The SMILES string of the molecule is COC(=O)c1ccccc1NC(=O)C1(C(=O)NCc2ccncc2)CC1. The van der Waals surface area contributed by atoms with Gasteiger partial charge in [0.05, 0.1) is 18.4 Å². The number of anilines is 1. The number of hydrogen-bond donors (Lipinski definition) is 2. The molecule has 1 aliphatic carbocycles. The second kappa shape index (κ2) is 7.35. The standard InChI is InChI=1S/C19H19N3O4/c1-26-16(23)14-4-2-3-5-15(14)22-18(25)19(8-9-19)17(24)21-12-13-6-10-20-11-7-13/h2-7,10-11H,8-9,12H2,1H3,(H,21,24)(H,22,25). The Kier molecular flexibility index (Phi) is 4.97. The second-order valence-corrected chi connectivity index (χ2v) is 6.11. The second-order valence-electron chi connectivity index (χ2n) is 6.11. The molecule has 26 heavy (non-hydrogen) atoms. The van der Waals surface area contributed by atoms with Crippen LogP contribution < -0.4 is 10.6 Å². The molecule has 0 bridgehead atoms. The van der Waals surface area contributed by atoms with Gasteiger partial charge in [0.2, 0.25) is 11.8 Å². The quantitative estimate of drug-likeness (QED) is 0.611. The first-order valence-electron chi connectivity index (χ1n) is 8.23. The molecule has 2 N–H and O–H groups in total. The van der Waals surface area contributed by atoms with E-state index in [1.807, 2.05) is 0 Å². The average molecular weight is 353 g/mol. The van der Waals surface area contributed by atoms with Crippen molar-refractivity contribution in [3.63, 3.8) is 0 Å². The van der Waals surface area contributed by atoms with Gasteiger partial charge < -0.3 is 15.4 Å². The number of rotatable bonds is 6. The summed E-state index contributed by atoms with van der Waals surface area (Å²) in [6, 6.07) is 10.1. The molecule has 0 atom stereocenters. The minimum Gasteiger partial charge on any atom is -0.465 e. The molecule has 134 valence electrons. The van der Waals surface area contributed by atoms with Gasteiger partial charge in [0.1, 0.15) is 5.41 Å². The molecule has 1 aromatic carbocycles. The molecule has 1 heterocycles. The zero-order chi connectivity index (χ0) is 18.6. The van der Waals surface area contributed by atoms with Crippen LogP contribution in [0.2, 0.25) is 0 Å². The maximum atomic E-state index is 12.7. The minimum absolute atomic E-state index is 0.247. The van der Waals surface area contributed by atoms with E-state index in [9.17, 15) is 14.4 Å². The Morgan fingerprint density at radius 1 is 1.08 bits per heavy atom. The highest BCUT2D eigenvalue weighted by Crippen LogP contribution is 2.47. The van der Waals surface area contributed by atoms with Crippen molar-refractivity contribution < 1.29 is 19.1 Å². The van der Waals surface area contributed by atoms with Crippen molar-refractivity contribution in [1.82, 2.24) is 10.3 Å². The number of pyridine rings is 1. The number of methoxy groups -OCH3 is 1. The number of esters is 1. The maximum Gasteiger partial charge on any atom is 0.339 e. The molecule has 2 amide bonds. The lowest BCUT2D eigenvalue weighted by atomic mass is 10.0. The number of aromatic nitrogens is 1. The number of carbonyl (C=O) groups excluding carboxylic acids is 3. The molecule has 1 saturated carbocycles. The highest BCUT2D eigenvalue weighted by Gasteiger charge is 2.56. The summed E-state index contributed by atoms with van der Waals surface area (Å²) >= 11 is 0. The van der Waals surface area contributed by atoms with E-state index in [0.29, 0.717) is 25.1 Å². The maximum absolute atomic E-state index is 12.7. The van der Waals surface area contributed by atoms with E-state index < -0.39 is 17.3 Å². The fourth-order valence-electron chi connectivity index (χ4n) is 2.66. The fraction of sp³-hybridized carbons (Fsp3) is 0.263. The summed E-state index contributed by atoms with van der Waals surface area (Å²) in [6.07, 6.45) is 4.23. The van der Waals surface area contributed by atoms with Crippen molar-refractivity contribution in [3.05, 3.63) is 59.9 Å². The van der Waals surface area contributed by atoms with Crippen molar-refractivity contribution >= 4 is 23.5 Å². The zero-order valence-corrected chi connectivity index (χ0v) is 14.3. The van der Waals surface area contributed by atoms with Crippen LogP contribution in [0.15, 0.2) is 48.8 Å². The third-order valence-electron chi connectivity index (χ3n) is 4.40. The molecule has 3 rings (SSSR count). The molecule has 2 aromatic rings. The molecule has 1 aromatic heterocycles. The summed E-state index contributed by atoms with van der Waals surface area (Å²) in [5.74, 6) is -1.28. The Hall–Kier alpha value is -3.22. The third-order valence-corrected chi connectivity index (χ3v) is 4.40. The lowest BCUT2D eigenvalue weighted by molar-refractivity contribution is -0.134. The number of ether oxygens (including phenoxy) is 1. The summed E-state index contributed by atoms with van der Waals surface area (Å²) in [6.45, 7) is 0.329. The molecule has 7 heteroatoms. The summed E-state index contributed by atoms with van der Waals surface area (Å²) < 4.78 is 4.72. The van der Waals surface area contributed by atoms with Gasteiger partial charge in [0.15, 0.2) is 0 Å². The Morgan fingerprint density at radius 2 is 1.77 bits per heavy atom. The molecular formula is C19H19N3O4. The number of amides is 2. The average Bonchev–Trinajstić information content (AvgIpc) is 3.49. The highest BCUT2D eigenvalue weighted by molar-refractivity contribution is 6.14. The predicted molar refractivity (Wildman–Crippen MR) is 94.2 cm³/mol. The first-order chi connectivity index (χ1) is 12.6. The van der Waals surface area contributed by atoms with Gasteiger partial charge in [0, 0.05) is 18.9 Å². The van der Waals surface area contributed by atoms with Crippen LogP contribution in [0.4, 0.5) is 5.69 Å². The minimum atomic E-state index is -1.09. The van der Waals surface area contributed by atoms with Gasteiger partial charge in [-0.2, -0.15) is 0 Å². The smallest absolute Gasteiger partial charge is 0.339 e. The lowest BCUT2D eigenvalue weighted by Crippen LogP contribution is -2.39. The van der Waals surface area contributed by atoms with Crippen LogP contribution in [-0.4, -0.2) is 29.9 Å². The van der Waals surface area contributed by atoms with Gasteiger partial charge in [-0.3, -0.25) is 14.6 Å². The first-order valence-corrected chi connectivity index (χ1v) is 8.23. The molecular weight excluding hydrogens is 334 g/mol. The van der Waals surface area contributed by atoms with Crippen LogP contribution in [0.3, 0.4) is 0 Å². The normalized spacial score (nSPS) is 14.2. The van der Waals surface area contributed by atoms with E-state index in [1.54, 1.807) is 48.8 Å². The summed E-state index contributed by atoms with van der Waals surface area (Å²) in [4.78, 5) is 40.9. The van der Waals surface area contributed by atoms with Crippen LogP contribution in [0.5, 0.6) is 0 Å². The summed E-state index contributed by atoms with van der Waals surface area (Å²) in [5.41, 5.74) is 0.394. The topological polar surface area (TPSA) is 97.4 Å². The van der Waals surface area contributed by atoms with E-state index in [2.05, 4.69) is 15.6 Å². The molecule has 0 saturated heterocycles. The fourth-order valence-corrected chi connectivity index (χ4v) is 2.66. The number of nitrogens with one attached hydrogen (secondary N) is 2. The van der Waals surface area contributed by atoms with Gasteiger partial charge in [-0.15, -0.1) is 0 Å². The van der Waals surface area contributed by atoms with E-state index in [-0.39, 0.29) is 11.5 Å². The predicted octanol–water partition coefficient (Wildman–Crippen LogP) is 1.90. The molecule has 0 spiro atoms. The number of para-hydroxylation sites is 1. The molecule has 0 radical (unpaired) electrons. The van der Waals surface area contributed by atoms with Crippen LogP contribution >= 0.6 is 0 Å². The number of nitrogens with zero attached hydrogens (tertiary/aromatic N) is 1. The largest absolute Gasteiger partial charge is 0.465 e. The van der Waals surface area contributed by atoms with Crippen LogP contribution in [0.25, 0.3) is 0 Å². The highest BCUT2D eigenvalue weighted by atomic mass is 16.5. The van der Waals surface area contributed by atoms with Gasteiger partial charge in [-0.25, -0.2) is 4.79 Å². The van der Waals surface area contributed by atoms with Gasteiger partial charge >= 0.3 is 5.97 Å². The van der Waals surface area contributed by atoms with E-state index in [0.717, 1.165) is 5.56 Å². The van der Waals surface area contributed by atoms with Crippen molar-refractivity contribution in [2.75, 3.05) is 12.4 Å². The van der Waals surface area contributed by atoms with Crippen molar-refractivity contribution in [2.45, 2.75) is 19.4 Å². The molecule has 0 unspecified atom stereocenters. The lowest BCUT2D eigenvalue weighted by Gasteiger charge is -2.16. The van der Waals surface area contributed by atoms with Crippen molar-refractivity contribution in [3.8, 4) is 0 Å². The Balaban J connectivity index is 1.68. The third kappa shape index (κ3) is 3.56. The molecule has 7 nitrogen and oxygen atoms in total. The number of carbonyl (C=O) groups is 3. The van der Waals surface area contributed by atoms with Gasteiger partial charge in [0.25, 0.3) is 0 Å². The first kappa shape index (κ1) is 17.6. The number of benzene rings is 1. The Labute approximate surface area is 150 Å². The van der Waals surface area contributed by atoms with Crippen molar-refractivity contribution in [1.29, 1.82) is 0 Å². The van der Waals surface area contributed by atoms with Crippen LogP contribution in [-0.2, 0) is 20.9 Å². The van der Waals surface area contributed by atoms with Crippen LogP contribution in [0.1, 0.15) is 28.8 Å². The van der Waals surface area contributed by atoms with E-state index in [1.165, 1.54) is 7.11 Å². The van der Waals surface area contributed by atoms with E-state index >= 15 is 0 Å². The van der Waals surface area contributed by atoms with Crippen LogP contribution in [0, 0.1) is 5.41 Å². The molecule has 1 aliphatic rings. The molecule has 0 aliphatic heterocycles. The van der Waals surface area contributed by atoms with Gasteiger partial charge in [-0.1, -0.05) is 12.1 Å².